The van der Waals surface area contributed by atoms with E-state index in [2.05, 4.69) is 63.5 Å². The smallest absolute Gasteiger partial charge is 0.191 e. The molecule has 1 atom stereocenters. The molecule has 0 spiro atoms. The van der Waals surface area contributed by atoms with E-state index in [4.69, 9.17) is 9.47 Å². The Hall–Kier alpha value is -1.10. The highest BCUT2D eigenvalue weighted by molar-refractivity contribution is 14.0. The highest BCUT2D eigenvalue weighted by atomic mass is 127. The Morgan fingerprint density at radius 3 is 2.75 bits per heavy atom. The first-order valence-corrected chi connectivity index (χ1v) is 12.0. The van der Waals surface area contributed by atoms with Gasteiger partial charge in [-0.05, 0) is 57.4 Å². The van der Waals surface area contributed by atoms with Crippen LogP contribution in [0.2, 0.25) is 0 Å². The molecule has 1 unspecified atom stereocenters. The molecule has 2 heterocycles. The fraction of sp³-hybridized carbons (Fsp3) is 0.708. The average Bonchev–Trinajstić information content (AvgIpc) is 3.30. The van der Waals surface area contributed by atoms with E-state index in [0.717, 1.165) is 97.4 Å². The van der Waals surface area contributed by atoms with Crippen LogP contribution in [0, 0.1) is 6.92 Å². The number of aryl methyl sites for hydroxylation is 1. The van der Waals surface area contributed by atoms with Crippen molar-refractivity contribution in [3.63, 3.8) is 0 Å². The van der Waals surface area contributed by atoms with Crippen LogP contribution >= 0.6 is 24.0 Å². The molecule has 0 radical (unpaired) electrons. The summed E-state index contributed by atoms with van der Waals surface area (Å²) in [7, 11) is 0. The van der Waals surface area contributed by atoms with Gasteiger partial charge in [0.05, 0.1) is 12.7 Å². The lowest BCUT2D eigenvalue weighted by Crippen LogP contribution is -2.47. The molecular formula is C24H42IN5O2. The number of piperazine rings is 1. The Balaban J connectivity index is 0.00000363. The van der Waals surface area contributed by atoms with E-state index in [1.165, 1.54) is 11.3 Å². The van der Waals surface area contributed by atoms with Gasteiger partial charge in [-0.1, -0.05) is 12.1 Å². The summed E-state index contributed by atoms with van der Waals surface area (Å²) in [6, 6.07) is 8.83. The first-order valence-electron chi connectivity index (χ1n) is 12.0. The number of halogens is 1. The molecule has 2 N–H and O–H groups in total. The van der Waals surface area contributed by atoms with Gasteiger partial charge >= 0.3 is 0 Å². The van der Waals surface area contributed by atoms with Gasteiger partial charge in [-0.2, -0.15) is 0 Å². The predicted molar refractivity (Wildman–Crippen MR) is 144 cm³/mol. The summed E-state index contributed by atoms with van der Waals surface area (Å²) in [6.45, 7) is 14.8. The zero-order chi connectivity index (χ0) is 21.7. The Labute approximate surface area is 211 Å². The number of hydrogen-bond donors (Lipinski definition) is 2. The number of nitrogens with zero attached hydrogens (tertiary/aromatic N) is 3. The third-order valence-electron chi connectivity index (χ3n) is 5.84. The van der Waals surface area contributed by atoms with Gasteiger partial charge in [0, 0.05) is 64.7 Å². The monoisotopic (exact) mass is 559 g/mol. The van der Waals surface area contributed by atoms with Crippen LogP contribution < -0.4 is 15.5 Å². The fourth-order valence-electron chi connectivity index (χ4n) is 4.06. The zero-order valence-corrected chi connectivity index (χ0v) is 22.2. The number of ether oxygens (including phenoxy) is 2. The number of hydrogen-bond acceptors (Lipinski definition) is 5. The lowest BCUT2D eigenvalue weighted by Gasteiger charge is -2.36. The Bertz CT molecular complexity index is 662. The van der Waals surface area contributed by atoms with E-state index in [9.17, 15) is 0 Å². The van der Waals surface area contributed by atoms with E-state index < -0.39 is 0 Å². The summed E-state index contributed by atoms with van der Waals surface area (Å²) in [5.74, 6) is 0.913. The topological polar surface area (TPSA) is 61.4 Å². The van der Waals surface area contributed by atoms with Gasteiger partial charge in [0.1, 0.15) is 0 Å². The van der Waals surface area contributed by atoms with Crippen LogP contribution in [0.5, 0.6) is 0 Å². The van der Waals surface area contributed by atoms with Crippen LogP contribution in [0.15, 0.2) is 29.3 Å². The summed E-state index contributed by atoms with van der Waals surface area (Å²) in [5.41, 5.74) is 2.69. The average molecular weight is 560 g/mol. The van der Waals surface area contributed by atoms with E-state index >= 15 is 0 Å². The van der Waals surface area contributed by atoms with Gasteiger partial charge < -0.3 is 25.0 Å². The van der Waals surface area contributed by atoms with Crippen LogP contribution in [0.4, 0.5) is 5.69 Å². The van der Waals surface area contributed by atoms with Gasteiger partial charge in [-0.25, -0.2) is 0 Å². The van der Waals surface area contributed by atoms with E-state index in [0.29, 0.717) is 0 Å². The summed E-state index contributed by atoms with van der Waals surface area (Å²) in [5, 5.41) is 6.81. The maximum atomic E-state index is 5.81. The van der Waals surface area contributed by atoms with Crippen molar-refractivity contribution in [3.05, 3.63) is 29.8 Å². The van der Waals surface area contributed by atoms with Crippen molar-refractivity contribution in [1.82, 2.24) is 15.5 Å². The Morgan fingerprint density at radius 1 is 1.19 bits per heavy atom. The molecule has 2 aliphatic rings. The zero-order valence-electron chi connectivity index (χ0n) is 19.9. The highest BCUT2D eigenvalue weighted by Gasteiger charge is 2.17. The van der Waals surface area contributed by atoms with Crippen LogP contribution in [0.1, 0.15) is 31.7 Å². The summed E-state index contributed by atoms with van der Waals surface area (Å²) in [6.07, 6.45) is 3.38. The van der Waals surface area contributed by atoms with Crippen molar-refractivity contribution >= 4 is 35.6 Å². The molecule has 0 saturated carbocycles. The Kier molecular flexibility index (Phi) is 13.3. The molecule has 2 aliphatic heterocycles. The molecule has 0 bridgehead atoms. The van der Waals surface area contributed by atoms with Crippen LogP contribution in [0.25, 0.3) is 0 Å². The number of rotatable bonds is 11. The largest absolute Gasteiger partial charge is 0.379 e. The first kappa shape index (κ1) is 27.1. The van der Waals surface area contributed by atoms with Crippen LogP contribution in [0.3, 0.4) is 0 Å². The van der Waals surface area contributed by atoms with Gasteiger partial charge in [-0.3, -0.25) is 9.89 Å². The highest BCUT2D eigenvalue weighted by Crippen LogP contribution is 2.17. The van der Waals surface area contributed by atoms with E-state index in [-0.39, 0.29) is 30.1 Å². The molecule has 2 saturated heterocycles. The number of guanidine groups is 1. The second kappa shape index (κ2) is 15.7. The fourth-order valence-corrected chi connectivity index (χ4v) is 4.06. The molecule has 182 valence electrons. The van der Waals surface area contributed by atoms with Crippen molar-refractivity contribution in [2.24, 2.45) is 4.99 Å². The van der Waals surface area contributed by atoms with Crippen molar-refractivity contribution in [2.45, 2.75) is 39.2 Å². The minimum Gasteiger partial charge on any atom is -0.379 e. The second-order valence-electron chi connectivity index (χ2n) is 8.42. The normalized spacial score (nSPS) is 19.6. The maximum absolute atomic E-state index is 5.81. The van der Waals surface area contributed by atoms with Gasteiger partial charge in [0.25, 0.3) is 0 Å². The SMILES string of the molecule is CCNC(=NCCCOC1CCOC1)NCCCN1CCN(c2cccc(C)c2)CC1.I. The summed E-state index contributed by atoms with van der Waals surface area (Å²) >= 11 is 0. The molecule has 3 rings (SSSR count). The van der Waals surface area contributed by atoms with E-state index in [1.54, 1.807) is 0 Å². The molecule has 0 aromatic heterocycles. The quantitative estimate of drug-likeness (QED) is 0.188. The van der Waals surface area contributed by atoms with Gasteiger partial charge in [-0.15, -0.1) is 24.0 Å². The van der Waals surface area contributed by atoms with Gasteiger partial charge in [0.15, 0.2) is 5.96 Å². The third-order valence-corrected chi connectivity index (χ3v) is 5.84. The Morgan fingerprint density at radius 2 is 2.03 bits per heavy atom. The van der Waals surface area contributed by atoms with Crippen LogP contribution in [-0.4, -0.2) is 89.1 Å². The second-order valence-corrected chi connectivity index (χ2v) is 8.42. The lowest BCUT2D eigenvalue weighted by molar-refractivity contribution is 0.0424. The molecule has 1 aromatic carbocycles. The van der Waals surface area contributed by atoms with Crippen molar-refractivity contribution in [3.8, 4) is 0 Å². The van der Waals surface area contributed by atoms with Crippen molar-refractivity contribution in [1.29, 1.82) is 0 Å². The molecule has 0 aliphatic carbocycles. The van der Waals surface area contributed by atoms with E-state index in [1.807, 2.05) is 0 Å². The number of benzene rings is 1. The van der Waals surface area contributed by atoms with Crippen molar-refractivity contribution in [2.75, 3.05) is 77.1 Å². The standard InChI is InChI=1S/C24H41N5O2.HI/c1-3-25-24(27-11-6-17-31-23-9-18-30-20-23)26-10-5-12-28-13-15-29(16-14-28)22-8-4-7-21(2)19-22;/h4,7-8,19,23H,3,5-6,9-18,20H2,1-2H3,(H2,25,26,27);1H. The number of nitrogens with one attached hydrogen (secondary N) is 2. The van der Waals surface area contributed by atoms with Gasteiger partial charge in [0.2, 0.25) is 0 Å². The first-order chi connectivity index (χ1) is 15.2. The van der Waals surface area contributed by atoms with Crippen LogP contribution in [-0.2, 0) is 9.47 Å². The minimum absolute atomic E-state index is 0. The molecule has 8 heteroatoms. The summed E-state index contributed by atoms with van der Waals surface area (Å²) < 4.78 is 11.1. The minimum atomic E-state index is 0. The lowest BCUT2D eigenvalue weighted by atomic mass is 10.2. The number of aliphatic imine (C=N–C) groups is 1. The predicted octanol–water partition coefficient (Wildman–Crippen LogP) is 2.88. The van der Waals surface area contributed by atoms with Crippen molar-refractivity contribution < 1.29 is 9.47 Å². The molecule has 32 heavy (non-hydrogen) atoms. The molecular weight excluding hydrogens is 517 g/mol. The molecule has 0 amide bonds. The molecule has 7 nitrogen and oxygen atoms in total. The number of anilines is 1. The maximum Gasteiger partial charge on any atom is 0.191 e. The third kappa shape index (κ3) is 9.80. The summed E-state index contributed by atoms with van der Waals surface area (Å²) in [4.78, 5) is 9.75. The molecule has 1 aromatic rings. The molecule has 2 fully saturated rings.